The van der Waals surface area contributed by atoms with Crippen molar-refractivity contribution in [3.8, 4) is 0 Å². The summed E-state index contributed by atoms with van der Waals surface area (Å²) in [5, 5.41) is 15.6. The summed E-state index contributed by atoms with van der Waals surface area (Å²) in [4.78, 5) is 10.1. The van der Waals surface area contributed by atoms with Crippen LogP contribution in [0.4, 0.5) is 0 Å². The van der Waals surface area contributed by atoms with Crippen LogP contribution < -0.4 is 0 Å². The van der Waals surface area contributed by atoms with Gasteiger partial charge in [0.25, 0.3) is 0 Å². The number of rotatable bonds is 2. The molecule has 0 saturated heterocycles. The maximum atomic E-state index is 10.1. The smallest absolute Gasteiger partial charge is 0.328 e. The van der Waals surface area contributed by atoms with E-state index in [0.29, 0.717) is 0 Å². The summed E-state index contributed by atoms with van der Waals surface area (Å²) in [6.45, 7) is 2.92. The third-order valence-corrected chi connectivity index (χ3v) is 1.22. The first kappa shape index (κ1) is 12.0. The zero-order valence-corrected chi connectivity index (χ0v) is 7.63. The van der Waals surface area contributed by atoms with Crippen molar-refractivity contribution < 1.29 is 15.0 Å². The lowest BCUT2D eigenvalue weighted by atomic mass is 10.2. The van der Waals surface area contributed by atoms with Crippen molar-refractivity contribution in [2.45, 2.75) is 0 Å². The van der Waals surface area contributed by atoms with E-state index in [-0.39, 0.29) is 0 Å². The first-order valence-corrected chi connectivity index (χ1v) is 3.92. The largest absolute Gasteiger partial charge is 0.516 e. The Morgan fingerprint density at radius 1 is 1.29 bits per heavy atom. The van der Waals surface area contributed by atoms with E-state index in [2.05, 4.69) is 6.58 Å². The molecule has 0 heterocycles. The lowest BCUT2D eigenvalue weighted by Crippen LogP contribution is -1.85. The van der Waals surface area contributed by atoms with E-state index in [4.69, 9.17) is 10.2 Å². The maximum Gasteiger partial charge on any atom is 0.328 e. The summed E-state index contributed by atoms with van der Waals surface area (Å²) >= 11 is 0. The second kappa shape index (κ2) is 7.61. The van der Waals surface area contributed by atoms with E-state index in [1.165, 1.54) is 0 Å². The van der Waals surface area contributed by atoms with Crippen molar-refractivity contribution in [1.82, 2.24) is 0 Å². The molecule has 1 aromatic carbocycles. The number of carboxylic acid groups (broad SMARTS) is 1. The minimum absolute atomic E-state index is 0.750. The minimum atomic E-state index is -0.922. The van der Waals surface area contributed by atoms with Crippen LogP contribution >= 0.6 is 0 Å². The molecule has 74 valence electrons. The van der Waals surface area contributed by atoms with E-state index < -0.39 is 5.97 Å². The summed E-state index contributed by atoms with van der Waals surface area (Å²) in [6.07, 6.45) is 3.43. The normalized spacial score (nSPS) is 8.86. The number of carboxylic acids is 1. The number of benzene rings is 1. The van der Waals surface area contributed by atoms with Crippen LogP contribution in [0.2, 0.25) is 0 Å². The number of aliphatic hydroxyl groups excluding tert-OH is 1. The third-order valence-electron chi connectivity index (χ3n) is 1.22. The van der Waals surface area contributed by atoms with Crippen LogP contribution in [0.25, 0.3) is 6.08 Å². The van der Waals surface area contributed by atoms with Gasteiger partial charge in [-0.05, 0) is 11.6 Å². The minimum Gasteiger partial charge on any atom is -0.516 e. The predicted octanol–water partition coefficient (Wildman–Crippen LogP) is 2.47. The summed E-state index contributed by atoms with van der Waals surface area (Å²) in [5.74, 6) is -0.922. The molecule has 0 aromatic heterocycles. The van der Waals surface area contributed by atoms with E-state index in [1.54, 1.807) is 6.08 Å². The van der Waals surface area contributed by atoms with Crippen molar-refractivity contribution in [1.29, 1.82) is 0 Å². The number of carbonyl (C=O) groups is 1. The third kappa shape index (κ3) is 6.67. The molecule has 0 fully saturated rings. The van der Waals surface area contributed by atoms with Gasteiger partial charge in [0.1, 0.15) is 0 Å². The van der Waals surface area contributed by atoms with Gasteiger partial charge >= 0.3 is 5.97 Å². The molecule has 1 aromatic rings. The topological polar surface area (TPSA) is 57.5 Å². The Labute approximate surface area is 82.6 Å². The van der Waals surface area contributed by atoms with Crippen molar-refractivity contribution in [3.63, 3.8) is 0 Å². The first-order chi connectivity index (χ1) is 6.70. The molecule has 0 spiro atoms. The molecule has 2 N–H and O–H groups in total. The SMILES string of the molecule is C=CO.O=C(O)C=Cc1ccccc1. The van der Waals surface area contributed by atoms with Gasteiger partial charge in [0.05, 0.1) is 6.26 Å². The molecule has 0 saturated carbocycles. The fourth-order valence-electron chi connectivity index (χ4n) is 0.732. The van der Waals surface area contributed by atoms with E-state index >= 15 is 0 Å². The van der Waals surface area contributed by atoms with Crippen LogP contribution in [0.1, 0.15) is 5.56 Å². The average molecular weight is 192 g/mol. The van der Waals surface area contributed by atoms with Crippen LogP contribution in [-0.4, -0.2) is 16.2 Å². The van der Waals surface area contributed by atoms with Crippen molar-refractivity contribution >= 4 is 12.0 Å². The summed E-state index contributed by atoms with van der Waals surface area (Å²) in [7, 11) is 0. The van der Waals surface area contributed by atoms with Gasteiger partial charge in [-0.2, -0.15) is 0 Å². The van der Waals surface area contributed by atoms with E-state index in [0.717, 1.165) is 17.9 Å². The van der Waals surface area contributed by atoms with Crippen LogP contribution in [-0.2, 0) is 4.79 Å². The zero-order valence-electron chi connectivity index (χ0n) is 7.63. The predicted molar refractivity (Wildman–Crippen MR) is 55.9 cm³/mol. The number of hydrogen-bond donors (Lipinski definition) is 2. The monoisotopic (exact) mass is 192 g/mol. The zero-order chi connectivity index (χ0) is 10.8. The Morgan fingerprint density at radius 3 is 2.21 bits per heavy atom. The Kier molecular flexibility index (Phi) is 6.51. The molecule has 0 unspecified atom stereocenters. The van der Waals surface area contributed by atoms with Crippen molar-refractivity contribution in [2.24, 2.45) is 0 Å². The summed E-state index contributed by atoms with van der Waals surface area (Å²) in [5.41, 5.74) is 0.898. The van der Waals surface area contributed by atoms with Crippen LogP contribution in [0, 0.1) is 0 Å². The lowest BCUT2D eigenvalue weighted by Gasteiger charge is -1.87. The van der Waals surface area contributed by atoms with Gasteiger partial charge in [-0.15, -0.1) is 0 Å². The first-order valence-electron chi connectivity index (χ1n) is 3.92. The lowest BCUT2D eigenvalue weighted by molar-refractivity contribution is -0.131. The van der Waals surface area contributed by atoms with Crippen LogP contribution in [0.3, 0.4) is 0 Å². The number of aliphatic carboxylic acids is 1. The van der Waals surface area contributed by atoms with E-state index in [1.807, 2.05) is 30.3 Å². The molecule has 0 amide bonds. The fourth-order valence-corrected chi connectivity index (χ4v) is 0.732. The molecule has 0 bridgehead atoms. The van der Waals surface area contributed by atoms with Crippen molar-refractivity contribution in [2.75, 3.05) is 0 Å². The Morgan fingerprint density at radius 2 is 1.79 bits per heavy atom. The van der Waals surface area contributed by atoms with Crippen molar-refractivity contribution in [3.05, 3.63) is 54.8 Å². The number of aliphatic hydroxyl groups is 1. The molecule has 3 nitrogen and oxygen atoms in total. The van der Waals surface area contributed by atoms with Gasteiger partial charge < -0.3 is 10.2 Å². The van der Waals surface area contributed by atoms with Gasteiger partial charge in [0, 0.05) is 6.08 Å². The Bertz CT molecular complexity index is 302. The standard InChI is InChI=1S/C9H8O2.C2H4O/c10-9(11)7-6-8-4-2-1-3-5-8;1-2-3/h1-7H,(H,10,11);2-3H,1H2. The molecule has 3 heteroatoms. The molecule has 0 atom stereocenters. The Hall–Kier alpha value is -2.03. The summed E-state index contributed by atoms with van der Waals surface area (Å²) < 4.78 is 0. The maximum absolute atomic E-state index is 10.1. The quantitative estimate of drug-likeness (QED) is 0.559. The summed E-state index contributed by atoms with van der Waals surface area (Å²) in [6, 6.07) is 9.31. The van der Waals surface area contributed by atoms with Gasteiger partial charge in [0.15, 0.2) is 0 Å². The van der Waals surface area contributed by atoms with Gasteiger partial charge in [-0.25, -0.2) is 4.79 Å². The molecule has 0 aliphatic carbocycles. The fraction of sp³-hybridized carbons (Fsp3) is 0. The highest BCUT2D eigenvalue weighted by molar-refractivity contribution is 5.85. The molecular weight excluding hydrogens is 180 g/mol. The molecule has 0 radical (unpaired) electrons. The highest BCUT2D eigenvalue weighted by Crippen LogP contribution is 1.99. The van der Waals surface area contributed by atoms with E-state index in [9.17, 15) is 4.79 Å². The highest BCUT2D eigenvalue weighted by Gasteiger charge is 1.85. The Balaban J connectivity index is 0.000000500. The molecule has 14 heavy (non-hydrogen) atoms. The second-order valence-electron chi connectivity index (χ2n) is 2.26. The van der Waals surface area contributed by atoms with Gasteiger partial charge in [0.2, 0.25) is 0 Å². The van der Waals surface area contributed by atoms with Gasteiger partial charge in [-0.3, -0.25) is 0 Å². The highest BCUT2D eigenvalue weighted by atomic mass is 16.4. The number of hydrogen-bond acceptors (Lipinski definition) is 2. The van der Waals surface area contributed by atoms with Crippen LogP contribution in [0.5, 0.6) is 0 Å². The molecule has 1 rings (SSSR count). The molecule has 0 aliphatic heterocycles. The molecule has 0 aliphatic rings. The van der Waals surface area contributed by atoms with Crippen LogP contribution in [0.15, 0.2) is 49.2 Å². The second-order valence-corrected chi connectivity index (χ2v) is 2.26. The van der Waals surface area contributed by atoms with Gasteiger partial charge in [-0.1, -0.05) is 36.9 Å². The average Bonchev–Trinajstić information content (AvgIpc) is 2.18. The molecular formula is C11H12O3.